The Balaban J connectivity index is 1.55. The maximum Gasteiger partial charge on any atom is 0.251 e. The molecule has 1 amide bonds. The first-order valence-corrected chi connectivity index (χ1v) is 9.06. The number of carbonyl (C=O) groups excluding carboxylic acids is 1. The Morgan fingerprint density at radius 3 is 2.48 bits per heavy atom. The van der Waals surface area contributed by atoms with Crippen molar-refractivity contribution in [3.63, 3.8) is 0 Å². The van der Waals surface area contributed by atoms with Gasteiger partial charge in [0.15, 0.2) is 0 Å². The van der Waals surface area contributed by atoms with Gasteiger partial charge >= 0.3 is 0 Å². The summed E-state index contributed by atoms with van der Waals surface area (Å²) < 4.78 is 4.99. The maximum absolute atomic E-state index is 12.4. The van der Waals surface area contributed by atoms with Gasteiger partial charge in [-0.05, 0) is 45.0 Å². The monoisotopic (exact) mass is 342 g/mol. The molecule has 0 unspecified atom stereocenters. The van der Waals surface area contributed by atoms with E-state index in [1.807, 2.05) is 12.1 Å². The van der Waals surface area contributed by atoms with Gasteiger partial charge in [-0.25, -0.2) is 0 Å². The van der Waals surface area contributed by atoms with Gasteiger partial charge in [-0.15, -0.1) is 0 Å². The Labute approximate surface area is 148 Å². The molecule has 0 radical (unpaired) electrons. The number of nitrogens with zero attached hydrogens (tertiary/aromatic N) is 3. The minimum absolute atomic E-state index is 0.0434. The van der Waals surface area contributed by atoms with Gasteiger partial charge in [0.05, 0.1) is 0 Å². The number of aromatic nitrogens is 2. The topological polar surface area (TPSA) is 71.3 Å². The summed E-state index contributed by atoms with van der Waals surface area (Å²) in [4.78, 5) is 19.1. The average molecular weight is 342 g/mol. The van der Waals surface area contributed by atoms with Gasteiger partial charge in [0, 0.05) is 30.6 Å². The second-order valence-corrected chi connectivity index (χ2v) is 6.80. The molecule has 0 aliphatic carbocycles. The fraction of sp³-hybridized carbons (Fsp3) is 0.526. The number of hydrogen-bond acceptors (Lipinski definition) is 5. The molecule has 1 saturated heterocycles. The molecule has 0 saturated carbocycles. The summed E-state index contributed by atoms with van der Waals surface area (Å²) in [5.74, 6) is 1.02. The van der Waals surface area contributed by atoms with Crippen molar-refractivity contribution in [3.8, 4) is 11.4 Å². The number of aryl methyl sites for hydroxylation is 1. The third kappa shape index (κ3) is 4.89. The van der Waals surface area contributed by atoms with E-state index in [1.165, 1.54) is 25.7 Å². The van der Waals surface area contributed by atoms with E-state index >= 15 is 0 Å². The SMILES string of the molecule is Cc1nc(-c2ccc(C(=O)N[C@H](C)CN3CCCCCC3)cc2)no1. The van der Waals surface area contributed by atoms with Crippen LogP contribution in [0.1, 0.15) is 48.9 Å². The number of nitrogens with one attached hydrogen (secondary N) is 1. The van der Waals surface area contributed by atoms with Gasteiger partial charge in [-0.1, -0.05) is 30.1 Å². The molecular weight excluding hydrogens is 316 g/mol. The fourth-order valence-electron chi connectivity index (χ4n) is 3.25. The summed E-state index contributed by atoms with van der Waals surface area (Å²) in [5.41, 5.74) is 1.48. The smallest absolute Gasteiger partial charge is 0.251 e. The van der Waals surface area contributed by atoms with Gasteiger partial charge < -0.3 is 14.7 Å². The average Bonchev–Trinajstić information content (AvgIpc) is 2.87. The minimum Gasteiger partial charge on any atom is -0.348 e. The van der Waals surface area contributed by atoms with Crippen LogP contribution in [0.4, 0.5) is 0 Å². The first-order valence-electron chi connectivity index (χ1n) is 9.06. The third-order valence-corrected chi connectivity index (χ3v) is 4.54. The number of rotatable bonds is 5. The standard InChI is InChI=1S/C19H26N4O2/c1-14(13-23-11-5-3-4-6-12-23)20-19(24)17-9-7-16(8-10-17)18-21-15(2)25-22-18/h7-10,14H,3-6,11-13H2,1-2H3,(H,20,24)/t14-/m1/s1. The fourth-order valence-corrected chi connectivity index (χ4v) is 3.25. The van der Waals surface area contributed by atoms with Crippen molar-refractivity contribution in [2.45, 2.75) is 45.6 Å². The first kappa shape index (κ1) is 17.6. The summed E-state index contributed by atoms with van der Waals surface area (Å²) >= 11 is 0. The van der Waals surface area contributed by atoms with Crippen LogP contribution in [0.3, 0.4) is 0 Å². The lowest BCUT2D eigenvalue weighted by atomic mass is 10.1. The van der Waals surface area contributed by atoms with Crippen LogP contribution in [0, 0.1) is 6.92 Å². The van der Waals surface area contributed by atoms with Crippen LogP contribution in [0.15, 0.2) is 28.8 Å². The number of amides is 1. The molecular formula is C19H26N4O2. The molecule has 1 aliphatic rings. The molecule has 6 heteroatoms. The van der Waals surface area contributed by atoms with E-state index in [0.717, 1.165) is 25.2 Å². The predicted molar refractivity (Wildman–Crippen MR) is 96.3 cm³/mol. The second-order valence-electron chi connectivity index (χ2n) is 6.80. The molecule has 6 nitrogen and oxygen atoms in total. The van der Waals surface area contributed by atoms with E-state index in [-0.39, 0.29) is 11.9 Å². The summed E-state index contributed by atoms with van der Waals surface area (Å²) in [6, 6.07) is 7.42. The molecule has 1 aromatic heterocycles. The molecule has 1 atom stereocenters. The number of likely N-dealkylation sites (tertiary alicyclic amines) is 1. The zero-order valence-electron chi connectivity index (χ0n) is 15.0. The van der Waals surface area contributed by atoms with Crippen molar-refractivity contribution in [2.24, 2.45) is 0 Å². The molecule has 2 heterocycles. The van der Waals surface area contributed by atoms with Crippen LogP contribution in [-0.4, -0.2) is 46.6 Å². The molecule has 3 rings (SSSR count). The van der Waals surface area contributed by atoms with Crippen LogP contribution in [0.5, 0.6) is 0 Å². The van der Waals surface area contributed by atoms with Crippen molar-refractivity contribution >= 4 is 5.91 Å². The van der Waals surface area contributed by atoms with E-state index in [1.54, 1.807) is 19.1 Å². The van der Waals surface area contributed by atoms with E-state index < -0.39 is 0 Å². The van der Waals surface area contributed by atoms with Crippen molar-refractivity contribution < 1.29 is 9.32 Å². The number of hydrogen-bond donors (Lipinski definition) is 1. The van der Waals surface area contributed by atoms with E-state index in [2.05, 4.69) is 27.3 Å². The summed E-state index contributed by atoms with van der Waals surface area (Å²) in [6.07, 6.45) is 5.17. The Morgan fingerprint density at radius 2 is 1.88 bits per heavy atom. The molecule has 25 heavy (non-hydrogen) atoms. The highest BCUT2D eigenvalue weighted by Gasteiger charge is 2.15. The Bertz CT molecular complexity index is 688. The molecule has 134 valence electrons. The Kier molecular flexibility index (Phi) is 5.81. The zero-order chi connectivity index (χ0) is 17.6. The molecule has 0 bridgehead atoms. The summed E-state index contributed by atoms with van der Waals surface area (Å²) in [5, 5.41) is 6.99. The number of benzene rings is 1. The van der Waals surface area contributed by atoms with Gasteiger partial charge in [0.1, 0.15) is 0 Å². The Morgan fingerprint density at radius 1 is 1.20 bits per heavy atom. The van der Waals surface area contributed by atoms with Crippen molar-refractivity contribution in [1.82, 2.24) is 20.4 Å². The highest BCUT2D eigenvalue weighted by Crippen LogP contribution is 2.16. The van der Waals surface area contributed by atoms with Crippen LogP contribution < -0.4 is 5.32 Å². The van der Waals surface area contributed by atoms with Crippen molar-refractivity contribution in [3.05, 3.63) is 35.7 Å². The van der Waals surface area contributed by atoms with Crippen LogP contribution in [-0.2, 0) is 0 Å². The van der Waals surface area contributed by atoms with Gasteiger partial charge in [0.25, 0.3) is 5.91 Å². The zero-order valence-corrected chi connectivity index (χ0v) is 15.0. The van der Waals surface area contributed by atoms with Crippen LogP contribution in [0.25, 0.3) is 11.4 Å². The van der Waals surface area contributed by atoms with Gasteiger partial charge in [0.2, 0.25) is 11.7 Å². The third-order valence-electron chi connectivity index (χ3n) is 4.54. The maximum atomic E-state index is 12.4. The predicted octanol–water partition coefficient (Wildman–Crippen LogP) is 3.04. The highest BCUT2D eigenvalue weighted by molar-refractivity contribution is 5.94. The van der Waals surface area contributed by atoms with Gasteiger partial charge in [-0.2, -0.15) is 4.98 Å². The minimum atomic E-state index is -0.0434. The molecule has 2 aromatic rings. The van der Waals surface area contributed by atoms with E-state index in [4.69, 9.17) is 4.52 Å². The quantitative estimate of drug-likeness (QED) is 0.904. The summed E-state index contributed by atoms with van der Waals surface area (Å²) in [7, 11) is 0. The molecule has 1 fully saturated rings. The van der Waals surface area contributed by atoms with E-state index in [0.29, 0.717) is 17.3 Å². The lowest BCUT2D eigenvalue weighted by molar-refractivity contribution is 0.0929. The lowest BCUT2D eigenvalue weighted by Crippen LogP contribution is -2.42. The van der Waals surface area contributed by atoms with Gasteiger partial charge in [-0.3, -0.25) is 4.79 Å². The van der Waals surface area contributed by atoms with Crippen LogP contribution in [0.2, 0.25) is 0 Å². The summed E-state index contributed by atoms with van der Waals surface area (Å²) in [6.45, 7) is 7.01. The second kappa shape index (κ2) is 8.25. The highest BCUT2D eigenvalue weighted by atomic mass is 16.5. The van der Waals surface area contributed by atoms with Crippen LogP contribution >= 0.6 is 0 Å². The molecule has 1 N–H and O–H groups in total. The number of carbonyl (C=O) groups is 1. The normalized spacial score (nSPS) is 17.0. The Hall–Kier alpha value is -2.21. The lowest BCUT2D eigenvalue weighted by Gasteiger charge is -2.24. The van der Waals surface area contributed by atoms with E-state index in [9.17, 15) is 4.79 Å². The van der Waals surface area contributed by atoms with Crippen molar-refractivity contribution in [2.75, 3.05) is 19.6 Å². The van der Waals surface area contributed by atoms with Crippen molar-refractivity contribution in [1.29, 1.82) is 0 Å². The molecule has 1 aromatic carbocycles. The molecule has 0 spiro atoms. The largest absolute Gasteiger partial charge is 0.348 e. The molecule has 1 aliphatic heterocycles. The first-order chi connectivity index (χ1) is 12.1.